The molecule has 0 saturated heterocycles. The molecule has 1 heterocycles. The number of hydrogen-bond donors (Lipinski definition) is 5. The van der Waals surface area contributed by atoms with Crippen molar-refractivity contribution in [3.05, 3.63) is 93.0 Å². The van der Waals surface area contributed by atoms with Crippen molar-refractivity contribution in [2.45, 2.75) is 59.0 Å². The van der Waals surface area contributed by atoms with Gasteiger partial charge in [-0.05, 0) is 78.3 Å². The molecule has 0 aliphatic carbocycles. The molecule has 5 N–H and O–H groups in total. The van der Waals surface area contributed by atoms with Gasteiger partial charge in [-0.3, -0.25) is 0 Å². The van der Waals surface area contributed by atoms with Gasteiger partial charge in [-0.25, -0.2) is 9.36 Å². The van der Waals surface area contributed by atoms with E-state index < -0.39 is 13.4 Å². The van der Waals surface area contributed by atoms with E-state index in [4.69, 9.17) is 24.0 Å². The third-order valence-electron chi connectivity index (χ3n) is 6.52. The van der Waals surface area contributed by atoms with E-state index in [9.17, 15) is 15.0 Å². The first-order valence-corrected chi connectivity index (χ1v) is 13.4. The number of aryl methyl sites for hydroxylation is 2. The molecule has 38 heavy (non-hydrogen) atoms. The van der Waals surface area contributed by atoms with Gasteiger partial charge in [0.1, 0.15) is 11.5 Å². The molecule has 0 radical (unpaired) electrons. The van der Waals surface area contributed by atoms with Crippen LogP contribution in [0.1, 0.15) is 91.7 Å². The fourth-order valence-electron chi connectivity index (χ4n) is 4.86. The molecule has 3 aromatic rings. The minimum Gasteiger partial charge on any atom is -1.00 e. The molecule has 202 valence electrons. The molecule has 0 spiro atoms. The summed E-state index contributed by atoms with van der Waals surface area (Å²) in [4.78, 5) is 34.7. The van der Waals surface area contributed by atoms with Crippen molar-refractivity contribution in [3.63, 3.8) is 0 Å². The van der Waals surface area contributed by atoms with Gasteiger partial charge in [0.25, 0.3) is 0 Å². The number of cyclic esters (lactones) is 1. The number of aromatic hydroxyl groups is 2. The molecule has 0 aromatic heterocycles. The predicted molar refractivity (Wildman–Crippen MR) is 148 cm³/mol. The summed E-state index contributed by atoms with van der Waals surface area (Å²) in [6.45, 7) is 12.0. The zero-order valence-corrected chi connectivity index (χ0v) is 24.7. The Bertz CT molecular complexity index is 1330. The molecule has 0 saturated carbocycles. The maximum absolute atomic E-state index is 13.1. The van der Waals surface area contributed by atoms with Crippen LogP contribution in [0.25, 0.3) is 0 Å². The summed E-state index contributed by atoms with van der Waals surface area (Å²) in [5, 5.41) is 21.2. The number of phosphoric acid groups is 1. The second-order valence-corrected chi connectivity index (χ2v) is 10.9. The quantitative estimate of drug-likeness (QED) is 0.165. The first kappa shape index (κ1) is 31.8. The van der Waals surface area contributed by atoms with Crippen LogP contribution in [-0.4, -0.2) is 53.9 Å². The van der Waals surface area contributed by atoms with Crippen LogP contribution in [0, 0.1) is 13.8 Å². The van der Waals surface area contributed by atoms with Crippen LogP contribution in [0.4, 0.5) is 0 Å². The Hall–Kier alpha value is -2.39. The van der Waals surface area contributed by atoms with Gasteiger partial charge >= 0.3 is 36.8 Å². The second-order valence-electron chi connectivity index (χ2n) is 9.89. The molecule has 8 nitrogen and oxygen atoms in total. The van der Waals surface area contributed by atoms with Crippen molar-refractivity contribution in [1.82, 2.24) is 0 Å². The van der Waals surface area contributed by atoms with Crippen LogP contribution < -0.4 is 0 Å². The third kappa shape index (κ3) is 6.25. The van der Waals surface area contributed by atoms with Gasteiger partial charge in [-0.1, -0.05) is 45.9 Å². The zero-order chi connectivity index (χ0) is 27.9. The fourth-order valence-corrected chi connectivity index (χ4v) is 4.86. The molecule has 4 rings (SSSR count). The molecule has 0 unspecified atom stereocenters. The number of rotatable bonds is 4. The average molecular weight is 555 g/mol. The molecular formula is C28H35MgO8P. The van der Waals surface area contributed by atoms with Gasteiger partial charge in [0.2, 0.25) is 0 Å². The van der Waals surface area contributed by atoms with Crippen molar-refractivity contribution in [3.8, 4) is 11.5 Å². The van der Waals surface area contributed by atoms with E-state index in [1.807, 2.05) is 71.9 Å². The van der Waals surface area contributed by atoms with E-state index in [0.29, 0.717) is 5.56 Å². The summed E-state index contributed by atoms with van der Waals surface area (Å²) in [6, 6.07) is 14.9. The molecule has 0 fully saturated rings. The largest absolute Gasteiger partial charge is 2.00 e. The van der Waals surface area contributed by atoms with Gasteiger partial charge in [0.05, 0.1) is 5.56 Å². The van der Waals surface area contributed by atoms with E-state index in [0.717, 1.165) is 38.9 Å². The number of benzene rings is 3. The van der Waals surface area contributed by atoms with Gasteiger partial charge in [-0.2, -0.15) is 0 Å². The Labute approximate surface area is 241 Å². The van der Waals surface area contributed by atoms with Crippen LogP contribution >= 0.6 is 7.82 Å². The Morgan fingerprint density at radius 2 is 1.18 bits per heavy atom. The van der Waals surface area contributed by atoms with E-state index >= 15 is 0 Å². The molecule has 0 bridgehead atoms. The molecular weight excluding hydrogens is 520 g/mol. The monoisotopic (exact) mass is 554 g/mol. The average Bonchev–Trinajstić information content (AvgIpc) is 3.05. The van der Waals surface area contributed by atoms with E-state index in [1.165, 1.54) is 0 Å². The van der Waals surface area contributed by atoms with E-state index in [1.54, 1.807) is 18.2 Å². The number of phenolic OH excluding ortho intramolecular Hbond substituents is 2. The minimum atomic E-state index is -4.64. The maximum atomic E-state index is 13.1. The Morgan fingerprint density at radius 3 is 1.58 bits per heavy atom. The summed E-state index contributed by atoms with van der Waals surface area (Å²) in [5.74, 6) is 0.271. The summed E-state index contributed by atoms with van der Waals surface area (Å²) < 4.78 is 15.2. The van der Waals surface area contributed by atoms with Gasteiger partial charge < -0.3 is 32.5 Å². The van der Waals surface area contributed by atoms with Gasteiger partial charge in [-0.15, -0.1) is 0 Å². The second kappa shape index (κ2) is 11.8. The van der Waals surface area contributed by atoms with E-state index in [-0.39, 0.29) is 55.2 Å². The number of carbonyl (C=O) groups excluding carboxylic acids is 1. The molecule has 1 aliphatic heterocycles. The number of hydrogen-bond acceptors (Lipinski definition) is 5. The van der Waals surface area contributed by atoms with Crippen molar-refractivity contribution in [2.75, 3.05) is 0 Å². The first-order valence-electron chi connectivity index (χ1n) is 11.9. The van der Waals surface area contributed by atoms with Crippen molar-refractivity contribution in [1.29, 1.82) is 0 Å². The minimum absolute atomic E-state index is 0. The van der Waals surface area contributed by atoms with Gasteiger partial charge in [0, 0.05) is 16.7 Å². The number of esters is 1. The van der Waals surface area contributed by atoms with Crippen molar-refractivity contribution >= 4 is 36.8 Å². The van der Waals surface area contributed by atoms with Gasteiger partial charge in [0.15, 0.2) is 5.60 Å². The number of phenols is 2. The van der Waals surface area contributed by atoms with E-state index in [2.05, 4.69) is 0 Å². The SMILES string of the molecule is Cc1cc(O)c(C(C)C)cc1C1(c2cc(C(C)C)c(O)cc2C)OC(=O)c2ccccc21.O=P(O)(O)O.[H-].[H-].[Mg+2]. The Balaban J connectivity index is 0.00000175. The number of carbonyl (C=O) groups is 1. The van der Waals surface area contributed by atoms with Crippen LogP contribution in [0.2, 0.25) is 0 Å². The molecule has 0 atom stereocenters. The molecule has 0 amide bonds. The smallest absolute Gasteiger partial charge is 1.00 e. The summed E-state index contributed by atoms with van der Waals surface area (Å²) in [6.07, 6.45) is 0. The normalized spacial score (nSPS) is 13.9. The van der Waals surface area contributed by atoms with Crippen molar-refractivity contribution < 1.29 is 41.8 Å². The molecule has 3 aromatic carbocycles. The first-order chi connectivity index (χ1) is 17.1. The maximum Gasteiger partial charge on any atom is 2.00 e. The number of fused-ring (bicyclic) bond motifs is 1. The standard InChI is InChI=1S/C28H30O4.Mg.H3O4P.2H/c1-15(2)20-13-23(17(5)11-25(20)29)28(22-10-8-7-9-19(22)27(31)32-28)24-14-21(16(3)4)26(30)12-18(24)6;;1-5(2,3)4;;/h7-16,29-30H,1-6H3;;(H3,1,2,3,4);;/q;+2;;2*-1. The van der Waals surface area contributed by atoms with Crippen LogP contribution in [0.3, 0.4) is 0 Å². The summed E-state index contributed by atoms with van der Waals surface area (Å²) >= 11 is 0. The zero-order valence-electron chi connectivity index (χ0n) is 24.4. The topological polar surface area (TPSA) is 145 Å². The number of ether oxygens (including phenoxy) is 1. The fraction of sp³-hybridized carbons (Fsp3) is 0.321. The van der Waals surface area contributed by atoms with Crippen LogP contribution in [0.15, 0.2) is 48.5 Å². The van der Waals surface area contributed by atoms with Crippen molar-refractivity contribution in [2.24, 2.45) is 0 Å². The summed E-state index contributed by atoms with van der Waals surface area (Å²) in [7, 11) is -4.64. The predicted octanol–water partition coefficient (Wildman–Crippen LogP) is 5.34. The van der Waals surface area contributed by atoms with Crippen LogP contribution in [0.5, 0.6) is 11.5 Å². The Morgan fingerprint density at radius 1 is 0.789 bits per heavy atom. The Kier molecular flexibility index (Phi) is 9.86. The molecule has 1 aliphatic rings. The third-order valence-corrected chi connectivity index (χ3v) is 6.52. The molecule has 10 heteroatoms. The van der Waals surface area contributed by atoms with Crippen LogP contribution in [-0.2, 0) is 14.9 Å². The summed E-state index contributed by atoms with van der Waals surface area (Å²) in [5.41, 5.74) is 5.03.